The molecule has 0 spiro atoms. The molecule has 0 bridgehead atoms. The second kappa shape index (κ2) is 48.0. The van der Waals surface area contributed by atoms with Gasteiger partial charge in [-0.05, 0) is 61.0 Å². The van der Waals surface area contributed by atoms with Gasteiger partial charge in [-0.15, -0.1) is 23.5 Å². The lowest BCUT2D eigenvalue weighted by Gasteiger charge is -2.10. The molecule has 0 radical (unpaired) electrons. The summed E-state index contributed by atoms with van der Waals surface area (Å²) in [5.74, 6) is 2.58. The fourth-order valence-electron chi connectivity index (χ4n) is 8.77. The van der Waals surface area contributed by atoms with Gasteiger partial charge in [0.05, 0.1) is 0 Å². The Balaban J connectivity index is 1.96. The van der Waals surface area contributed by atoms with E-state index in [9.17, 15) is 0 Å². The van der Waals surface area contributed by atoms with E-state index >= 15 is 0 Å². The zero-order chi connectivity index (χ0) is 41.5. The lowest BCUT2D eigenvalue weighted by atomic mass is 10.0. The van der Waals surface area contributed by atoms with Gasteiger partial charge in [-0.3, -0.25) is 0 Å². The molecule has 0 nitrogen and oxygen atoms in total. The summed E-state index contributed by atoms with van der Waals surface area (Å²) >= 11 is 4.26. The van der Waals surface area contributed by atoms with Crippen LogP contribution in [0.25, 0.3) is 0 Å². The molecule has 58 heavy (non-hydrogen) atoms. The highest BCUT2D eigenvalue weighted by atomic mass is 32.2. The van der Waals surface area contributed by atoms with Crippen molar-refractivity contribution >= 4 is 23.5 Å². The first-order chi connectivity index (χ1) is 28.8. The quantitative estimate of drug-likeness (QED) is 0.0473. The first-order valence-electron chi connectivity index (χ1n) is 27.2. The first kappa shape index (κ1) is 55.9. The minimum atomic E-state index is 1.25. The number of rotatable bonds is 49. The van der Waals surface area contributed by atoms with Gasteiger partial charge in [0, 0.05) is 9.79 Å². The van der Waals surface area contributed by atoms with Crippen LogP contribution in [0, 0.1) is 0 Å². The van der Waals surface area contributed by atoms with Gasteiger partial charge in [0.25, 0.3) is 0 Å². The summed E-state index contributed by atoms with van der Waals surface area (Å²) in [7, 11) is 0. The topological polar surface area (TPSA) is 0 Å². The second-order valence-electron chi connectivity index (χ2n) is 18.8. The van der Waals surface area contributed by atoms with E-state index in [-0.39, 0.29) is 0 Å². The minimum absolute atomic E-state index is 1.25. The Hall–Kier alpha value is -0.0800. The fourth-order valence-corrected chi connectivity index (χ4v) is 10.9. The molecule has 0 aliphatic carbocycles. The van der Waals surface area contributed by atoms with E-state index in [0.29, 0.717) is 0 Å². The molecule has 0 atom stereocenters. The molecule has 0 N–H and O–H groups in total. The molecule has 1 aromatic carbocycles. The van der Waals surface area contributed by atoms with Crippen LogP contribution in [0.15, 0.2) is 28.0 Å². The van der Waals surface area contributed by atoms with Crippen LogP contribution >= 0.6 is 23.5 Å². The summed E-state index contributed by atoms with van der Waals surface area (Å²) in [6.45, 7) is 6.95. The maximum atomic E-state index is 2.51. The molecule has 1 aromatic rings. The Bertz CT molecular complexity index is 844. The van der Waals surface area contributed by atoms with Crippen LogP contribution in [0.1, 0.15) is 309 Å². The summed E-state index contributed by atoms with van der Waals surface area (Å²) in [6.07, 6.45) is 65.2. The van der Waals surface area contributed by atoms with Crippen molar-refractivity contribution < 1.29 is 0 Å². The highest BCUT2D eigenvalue weighted by Gasteiger charge is 2.05. The lowest BCUT2D eigenvalue weighted by Crippen LogP contribution is -1.90. The molecule has 0 aromatic heterocycles. The summed E-state index contributed by atoms with van der Waals surface area (Å²) < 4.78 is 0. The summed E-state index contributed by atoms with van der Waals surface area (Å²) in [4.78, 5) is 3.06. The SMILES string of the molecule is CCCCCCCCCCCCCCCCCCCCCCCSc1cc(CCCC)cc(SCCCCCCCCCCCCCCCCCCCCCCC)c1. The highest BCUT2D eigenvalue weighted by molar-refractivity contribution is 8.00. The monoisotopic (exact) mass is 843 g/mol. The third kappa shape index (κ3) is 41.3. The van der Waals surface area contributed by atoms with Crippen molar-refractivity contribution in [3.05, 3.63) is 23.8 Å². The van der Waals surface area contributed by atoms with Crippen LogP contribution in [-0.4, -0.2) is 11.5 Å². The Kier molecular flexibility index (Phi) is 46.3. The van der Waals surface area contributed by atoms with Crippen molar-refractivity contribution in [3.8, 4) is 0 Å². The molecular weight excluding hydrogens is 737 g/mol. The molecule has 0 aliphatic rings. The van der Waals surface area contributed by atoms with E-state index < -0.39 is 0 Å². The maximum absolute atomic E-state index is 2.51. The molecule has 0 unspecified atom stereocenters. The van der Waals surface area contributed by atoms with Gasteiger partial charge in [-0.25, -0.2) is 0 Å². The number of thioether (sulfide) groups is 2. The molecule has 342 valence electrons. The van der Waals surface area contributed by atoms with Crippen molar-refractivity contribution in [3.63, 3.8) is 0 Å². The van der Waals surface area contributed by atoms with E-state index in [1.54, 1.807) is 5.56 Å². The van der Waals surface area contributed by atoms with Crippen molar-refractivity contribution in [2.45, 2.75) is 319 Å². The normalized spacial score (nSPS) is 11.6. The highest BCUT2D eigenvalue weighted by Crippen LogP contribution is 2.30. The van der Waals surface area contributed by atoms with Crippen molar-refractivity contribution in [1.82, 2.24) is 0 Å². The third-order valence-electron chi connectivity index (χ3n) is 12.8. The third-order valence-corrected chi connectivity index (χ3v) is 14.9. The lowest BCUT2D eigenvalue weighted by molar-refractivity contribution is 0.521. The molecule has 0 aliphatic heterocycles. The van der Waals surface area contributed by atoms with Crippen molar-refractivity contribution in [2.75, 3.05) is 11.5 Å². The standard InChI is InChI=1S/C56H106S2/c1-4-7-10-12-14-16-18-20-22-24-26-28-30-32-34-36-38-40-42-44-46-49-57-55-51-54(48-9-6-3)52-56(53-55)58-50-47-45-43-41-39-37-35-33-31-29-27-25-23-21-19-17-15-13-11-8-5-2/h51-53H,4-50H2,1-3H3. The van der Waals surface area contributed by atoms with Gasteiger partial charge in [0.15, 0.2) is 0 Å². The number of hydrogen-bond acceptors (Lipinski definition) is 2. The molecular formula is C56H106S2. The zero-order valence-electron chi connectivity index (χ0n) is 40.3. The first-order valence-corrected chi connectivity index (χ1v) is 29.2. The summed E-state index contributed by atoms with van der Waals surface area (Å²) in [5, 5.41) is 0. The van der Waals surface area contributed by atoms with E-state index in [4.69, 9.17) is 0 Å². The van der Waals surface area contributed by atoms with E-state index in [2.05, 4.69) is 62.5 Å². The number of unbranched alkanes of at least 4 members (excludes halogenated alkanes) is 41. The van der Waals surface area contributed by atoms with Crippen LogP contribution in [0.4, 0.5) is 0 Å². The summed E-state index contributed by atoms with van der Waals surface area (Å²) in [5.41, 5.74) is 1.58. The van der Waals surface area contributed by atoms with E-state index in [1.165, 1.54) is 310 Å². The Morgan fingerprint density at radius 3 is 0.672 bits per heavy atom. The molecule has 2 heteroatoms. The largest absolute Gasteiger partial charge is 0.126 e. The zero-order valence-corrected chi connectivity index (χ0v) is 41.9. The Morgan fingerprint density at radius 2 is 0.448 bits per heavy atom. The number of hydrogen-bond donors (Lipinski definition) is 0. The predicted octanol–water partition coefficient (Wildman–Crippen LogP) is 21.6. The average Bonchev–Trinajstić information content (AvgIpc) is 3.23. The number of aryl methyl sites for hydroxylation is 1. The van der Waals surface area contributed by atoms with Gasteiger partial charge in [-0.2, -0.15) is 0 Å². The van der Waals surface area contributed by atoms with Gasteiger partial charge in [0.2, 0.25) is 0 Å². The van der Waals surface area contributed by atoms with Crippen LogP contribution in [0.5, 0.6) is 0 Å². The van der Waals surface area contributed by atoms with Crippen molar-refractivity contribution in [1.29, 1.82) is 0 Å². The molecule has 0 heterocycles. The van der Waals surface area contributed by atoms with Crippen LogP contribution < -0.4 is 0 Å². The Morgan fingerprint density at radius 1 is 0.241 bits per heavy atom. The summed E-state index contributed by atoms with van der Waals surface area (Å²) in [6, 6.07) is 7.54. The molecule has 0 saturated heterocycles. The molecule has 1 rings (SSSR count). The van der Waals surface area contributed by atoms with Gasteiger partial charge < -0.3 is 0 Å². The molecule has 0 saturated carbocycles. The van der Waals surface area contributed by atoms with Crippen LogP contribution in [0.3, 0.4) is 0 Å². The van der Waals surface area contributed by atoms with Crippen LogP contribution in [-0.2, 0) is 6.42 Å². The fraction of sp³-hybridized carbons (Fsp3) is 0.893. The number of benzene rings is 1. The van der Waals surface area contributed by atoms with E-state index in [0.717, 1.165) is 0 Å². The van der Waals surface area contributed by atoms with Crippen LogP contribution in [0.2, 0.25) is 0 Å². The molecule has 0 fully saturated rings. The predicted molar refractivity (Wildman–Crippen MR) is 272 cm³/mol. The van der Waals surface area contributed by atoms with Gasteiger partial charge in [-0.1, -0.05) is 284 Å². The Labute approximate surface area is 376 Å². The van der Waals surface area contributed by atoms with E-state index in [1.807, 2.05) is 0 Å². The minimum Gasteiger partial charge on any atom is -0.126 e. The second-order valence-corrected chi connectivity index (χ2v) is 21.1. The molecule has 0 amide bonds. The van der Waals surface area contributed by atoms with Crippen molar-refractivity contribution in [2.24, 2.45) is 0 Å². The van der Waals surface area contributed by atoms with Gasteiger partial charge in [0.1, 0.15) is 0 Å². The smallest absolute Gasteiger partial charge is 0.00858 e. The van der Waals surface area contributed by atoms with Gasteiger partial charge >= 0.3 is 0 Å². The maximum Gasteiger partial charge on any atom is 0.00858 e. The average molecular weight is 844 g/mol.